The quantitative estimate of drug-likeness (QED) is 0.536. The van der Waals surface area contributed by atoms with Crippen molar-refractivity contribution in [3.05, 3.63) is 64.0 Å². The molecule has 158 valence electrons. The van der Waals surface area contributed by atoms with Gasteiger partial charge < -0.3 is 4.90 Å². The Balaban J connectivity index is 1.48. The standard InChI is InChI=1S/C21H20BrF3N4O/c22-17-5-1-3-14(11-17)6-9-19(30)28-10-2-4-15(12-28)20-27-26-18-8-7-16(13-29(18)20)21(23,24)25/h1,3,5,7-8,11,13,15H,2,4,6,9-10,12H2. The third-order valence-electron chi connectivity index (χ3n) is 5.41. The molecule has 1 atom stereocenters. The van der Waals surface area contributed by atoms with Crippen molar-refractivity contribution in [3.8, 4) is 0 Å². The molecule has 5 nitrogen and oxygen atoms in total. The molecule has 0 N–H and O–H groups in total. The predicted molar refractivity (Wildman–Crippen MR) is 109 cm³/mol. The average Bonchev–Trinajstić information content (AvgIpc) is 3.15. The van der Waals surface area contributed by atoms with E-state index < -0.39 is 11.7 Å². The van der Waals surface area contributed by atoms with Gasteiger partial charge in [0.25, 0.3) is 0 Å². The molecule has 1 amide bonds. The third kappa shape index (κ3) is 4.50. The minimum atomic E-state index is -4.43. The van der Waals surface area contributed by atoms with Gasteiger partial charge >= 0.3 is 6.18 Å². The lowest BCUT2D eigenvalue weighted by atomic mass is 9.96. The smallest absolute Gasteiger partial charge is 0.342 e. The molecule has 1 fully saturated rings. The number of fused-ring (bicyclic) bond motifs is 1. The Hall–Kier alpha value is -2.42. The first kappa shape index (κ1) is 20.8. The Kier molecular flexibility index (Phi) is 5.81. The summed E-state index contributed by atoms with van der Waals surface area (Å²) in [7, 11) is 0. The van der Waals surface area contributed by atoms with Crippen LogP contribution in [-0.4, -0.2) is 38.5 Å². The van der Waals surface area contributed by atoms with Gasteiger partial charge in [-0.25, -0.2) is 0 Å². The summed E-state index contributed by atoms with van der Waals surface area (Å²) in [6, 6.07) is 10.2. The van der Waals surface area contributed by atoms with E-state index in [0.29, 0.717) is 37.4 Å². The average molecular weight is 481 g/mol. The number of halogens is 4. The van der Waals surface area contributed by atoms with Crippen LogP contribution in [0, 0.1) is 0 Å². The molecule has 0 radical (unpaired) electrons. The highest BCUT2D eigenvalue weighted by molar-refractivity contribution is 9.10. The maximum Gasteiger partial charge on any atom is 0.417 e. The van der Waals surface area contributed by atoms with Crippen molar-refractivity contribution in [2.75, 3.05) is 13.1 Å². The summed E-state index contributed by atoms with van der Waals surface area (Å²) in [6.45, 7) is 1.09. The molecule has 0 aliphatic carbocycles. The highest BCUT2D eigenvalue weighted by atomic mass is 79.9. The van der Waals surface area contributed by atoms with Crippen LogP contribution in [0.3, 0.4) is 0 Å². The molecule has 4 rings (SSSR count). The highest BCUT2D eigenvalue weighted by Crippen LogP contribution is 2.31. The Labute approximate surface area is 180 Å². The van der Waals surface area contributed by atoms with Gasteiger partial charge in [-0.2, -0.15) is 13.2 Å². The summed E-state index contributed by atoms with van der Waals surface area (Å²) in [6.07, 6.45) is -0.826. The molecule has 9 heteroatoms. The van der Waals surface area contributed by atoms with Crippen molar-refractivity contribution < 1.29 is 18.0 Å². The van der Waals surface area contributed by atoms with Gasteiger partial charge in [0, 0.05) is 36.1 Å². The van der Waals surface area contributed by atoms with Crippen molar-refractivity contribution in [3.63, 3.8) is 0 Å². The van der Waals surface area contributed by atoms with E-state index in [4.69, 9.17) is 0 Å². The van der Waals surface area contributed by atoms with E-state index >= 15 is 0 Å². The first-order valence-corrected chi connectivity index (χ1v) is 10.5. The number of benzene rings is 1. The second-order valence-corrected chi connectivity index (χ2v) is 8.43. The molecule has 3 heterocycles. The number of aryl methyl sites for hydroxylation is 1. The molecule has 1 unspecified atom stereocenters. The Morgan fingerprint density at radius 1 is 1.20 bits per heavy atom. The fourth-order valence-electron chi connectivity index (χ4n) is 3.87. The second kappa shape index (κ2) is 8.37. The van der Waals surface area contributed by atoms with Crippen molar-refractivity contribution >= 4 is 27.5 Å². The summed E-state index contributed by atoms with van der Waals surface area (Å²) < 4.78 is 41.7. The molecule has 3 aromatic rings. The van der Waals surface area contributed by atoms with Gasteiger partial charge in [0.15, 0.2) is 5.65 Å². The summed E-state index contributed by atoms with van der Waals surface area (Å²) in [5.41, 5.74) is 0.708. The van der Waals surface area contributed by atoms with Crippen LogP contribution in [0.1, 0.15) is 42.1 Å². The molecule has 2 aromatic heterocycles. The summed E-state index contributed by atoms with van der Waals surface area (Å²) in [4.78, 5) is 14.5. The molecule has 0 bridgehead atoms. The lowest BCUT2D eigenvalue weighted by Gasteiger charge is -2.32. The molecular weight excluding hydrogens is 461 g/mol. The zero-order valence-electron chi connectivity index (χ0n) is 16.1. The minimum Gasteiger partial charge on any atom is -0.342 e. The normalized spacial score (nSPS) is 17.5. The van der Waals surface area contributed by atoms with Crippen molar-refractivity contribution in [1.29, 1.82) is 0 Å². The number of rotatable bonds is 4. The number of pyridine rings is 1. The summed E-state index contributed by atoms with van der Waals surface area (Å²) >= 11 is 3.43. The number of aromatic nitrogens is 3. The number of hydrogen-bond acceptors (Lipinski definition) is 3. The molecule has 1 aliphatic heterocycles. The van der Waals surface area contributed by atoms with E-state index in [1.807, 2.05) is 24.3 Å². The van der Waals surface area contributed by atoms with Crippen LogP contribution < -0.4 is 0 Å². The van der Waals surface area contributed by atoms with Crippen LogP contribution in [0.5, 0.6) is 0 Å². The van der Waals surface area contributed by atoms with Crippen LogP contribution >= 0.6 is 15.9 Å². The fraction of sp³-hybridized carbons (Fsp3) is 0.381. The Morgan fingerprint density at radius 3 is 2.80 bits per heavy atom. The van der Waals surface area contributed by atoms with Crippen LogP contribution in [-0.2, 0) is 17.4 Å². The fourth-order valence-corrected chi connectivity index (χ4v) is 4.32. The Bertz CT molecular complexity index is 1070. The molecule has 1 aromatic carbocycles. The van der Waals surface area contributed by atoms with Gasteiger partial charge in [0.2, 0.25) is 5.91 Å². The van der Waals surface area contributed by atoms with E-state index in [2.05, 4.69) is 26.1 Å². The predicted octanol–water partition coefficient (Wildman–Crippen LogP) is 4.85. The lowest BCUT2D eigenvalue weighted by molar-refractivity contribution is -0.137. The van der Waals surface area contributed by atoms with Crippen LogP contribution in [0.4, 0.5) is 13.2 Å². The minimum absolute atomic E-state index is 0.0458. The monoisotopic (exact) mass is 480 g/mol. The second-order valence-electron chi connectivity index (χ2n) is 7.51. The van der Waals surface area contributed by atoms with E-state index in [-0.39, 0.29) is 11.8 Å². The van der Waals surface area contributed by atoms with Gasteiger partial charge in [0.1, 0.15) is 5.82 Å². The van der Waals surface area contributed by atoms with Crippen LogP contribution in [0.2, 0.25) is 0 Å². The van der Waals surface area contributed by atoms with Crippen molar-refractivity contribution in [1.82, 2.24) is 19.5 Å². The van der Waals surface area contributed by atoms with E-state index in [1.165, 1.54) is 10.5 Å². The van der Waals surface area contributed by atoms with Gasteiger partial charge in [0.05, 0.1) is 5.56 Å². The van der Waals surface area contributed by atoms with Gasteiger partial charge in [-0.05, 0) is 49.1 Å². The largest absolute Gasteiger partial charge is 0.417 e. The SMILES string of the molecule is O=C(CCc1cccc(Br)c1)N1CCCC(c2nnc3ccc(C(F)(F)F)cn23)C1. The molecule has 30 heavy (non-hydrogen) atoms. The molecule has 1 aliphatic rings. The number of carbonyl (C=O) groups is 1. The number of likely N-dealkylation sites (tertiary alicyclic amines) is 1. The maximum absolute atomic E-state index is 13.1. The zero-order valence-corrected chi connectivity index (χ0v) is 17.7. The number of alkyl halides is 3. The number of nitrogens with zero attached hydrogens (tertiary/aromatic N) is 4. The summed E-state index contributed by atoms with van der Waals surface area (Å²) in [5.74, 6) is 0.372. The molecule has 0 spiro atoms. The maximum atomic E-state index is 13.1. The lowest BCUT2D eigenvalue weighted by Crippen LogP contribution is -2.39. The number of piperidine rings is 1. The molecular formula is C21H20BrF3N4O. The topological polar surface area (TPSA) is 50.5 Å². The van der Waals surface area contributed by atoms with E-state index in [9.17, 15) is 18.0 Å². The third-order valence-corrected chi connectivity index (χ3v) is 5.91. The first-order valence-electron chi connectivity index (χ1n) is 9.75. The number of hydrogen-bond donors (Lipinski definition) is 0. The van der Waals surface area contributed by atoms with Crippen molar-refractivity contribution in [2.24, 2.45) is 0 Å². The van der Waals surface area contributed by atoms with E-state index in [1.54, 1.807) is 4.90 Å². The Morgan fingerprint density at radius 2 is 2.03 bits per heavy atom. The first-order chi connectivity index (χ1) is 14.3. The highest BCUT2D eigenvalue weighted by Gasteiger charge is 2.32. The summed E-state index contributed by atoms with van der Waals surface area (Å²) in [5, 5.41) is 8.15. The van der Waals surface area contributed by atoms with Gasteiger partial charge in [-0.15, -0.1) is 10.2 Å². The van der Waals surface area contributed by atoms with Gasteiger partial charge in [-0.1, -0.05) is 28.1 Å². The van der Waals surface area contributed by atoms with Crippen LogP contribution in [0.25, 0.3) is 5.65 Å². The molecule has 0 saturated carbocycles. The van der Waals surface area contributed by atoms with Crippen molar-refractivity contribution in [2.45, 2.75) is 37.8 Å². The van der Waals surface area contributed by atoms with Crippen LogP contribution in [0.15, 0.2) is 47.1 Å². The molecule has 1 saturated heterocycles. The number of amides is 1. The number of carbonyl (C=O) groups excluding carboxylic acids is 1. The zero-order chi connectivity index (χ0) is 21.3. The van der Waals surface area contributed by atoms with Gasteiger partial charge in [-0.3, -0.25) is 9.20 Å². The van der Waals surface area contributed by atoms with E-state index in [0.717, 1.165) is 35.1 Å².